The Bertz CT molecular complexity index is 2060. The number of benzene rings is 2. The topological polar surface area (TPSA) is 106 Å². The van der Waals surface area contributed by atoms with Gasteiger partial charge in [-0.15, -0.1) is 0 Å². The highest BCUT2D eigenvalue weighted by molar-refractivity contribution is 6.39. The summed E-state index contributed by atoms with van der Waals surface area (Å²) in [6, 6.07) is 16.0. The minimum atomic E-state index is -0.251. The number of pyridine rings is 2. The van der Waals surface area contributed by atoms with E-state index >= 15 is 0 Å². The van der Waals surface area contributed by atoms with Gasteiger partial charge in [0.2, 0.25) is 5.88 Å². The summed E-state index contributed by atoms with van der Waals surface area (Å²) in [5, 5.41) is 16.0. The van der Waals surface area contributed by atoms with E-state index in [4.69, 9.17) is 32.9 Å². The van der Waals surface area contributed by atoms with Crippen molar-refractivity contribution in [1.82, 2.24) is 30.4 Å². The van der Waals surface area contributed by atoms with Gasteiger partial charge in [-0.05, 0) is 82.3 Å². The molecule has 1 aliphatic carbocycles. The van der Waals surface area contributed by atoms with Crippen molar-refractivity contribution in [1.29, 1.82) is 0 Å². The molecule has 0 saturated carbocycles. The number of allylic oxidation sites excluding steroid dienone is 1. The van der Waals surface area contributed by atoms with Gasteiger partial charge in [-0.1, -0.05) is 60.1 Å². The fraction of sp³-hybridized carbons (Fsp3) is 0.316. The van der Waals surface area contributed by atoms with Crippen LogP contribution in [0.15, 0.2) is 78.0 Å². The first-order chi connectivity index (χ1) is 23.8. The standard InChI is InChI=1S/C29H23Cl2N5O2.C9H18N2/c1-36-29(37)24-17(15-33-36)12-13-32-27(24)34-22-11-5-9-20(26(22)31)19-8-4-10-21(25(19)30)23-14-16-6-3-7-18(16)28(35-23)38-2;1-8-4-3-5-9(11-8)6-7-10-2/h4-5,8-15H,3,6-7H2,1-2H3,(H,32,34);9-11H,1,3-7H2,2H3. The summed E-state index contributed by atoms with van der Waals surface area (Å²) < 4.78 is 6.87. The number of aromatic nitrogens is 4. The first kappa shape index (κ1) is 34.4. The number of nitrogens with one attached hydrogen (secondary N) is 3. The third kappa shape index (κ3) is 7.44. The molecule has 3 aromatic heterocycles. The Morgan fingerprint density at radius 1 is 1.04 bits per heavy atom. The van der Waals surface area contributed by atoms with Crippen molar-refractivity contribution in [3.05, 3.63) is 105 Å². The van der Waals surface area contributed by atoms with Gasteiger partial charge in [0, 0.05) is 52.6 Å². The SMILES string of the molecule is C=C1CCCC(CCNC)N1.COc1nc(-c2cccc(-c3cccc(Nc4nccc5cnn(C)c(=O)c45)c3Cl)c2Cl)cc2c1CCC2. The van der Waals surface area contributed by atoms with Crippen LogP contribution in [-0.4, -0.2) is 46.5 Å². The lowest BCUT2D eigenvalue weighted by Crippen LogP contribution is -2.34. The second-order valence-electron chi connectivity index (χ2n) is 12.4. The Hall–Kier alpha value is -4.44. The van der Waals surface area contributed by atoms with Crippen LogP contribution in [0.5, 0.6) is 5.88 Å². The molecule has 49 heavy (non-hydrogen) atoms. The summed E-state index contributed by atoms with van der Waals surface area (Å²) in [6.45, 7) is 5.04. The molecule has 4 heterocycles. The molecule has 5 aromatic rings. The zero-order valence-corrected chi connectivity index (χ0v) is 29.6. The van der Waals surface area contributed by atoms with E-state index in [1.165, 1.54) is 40.8 Å². The average molecular weight is 699 g/mol. The Morgan fingerprint density at radius 2 is 1.82 bits per heavy atom. The summed E-state index contributed by atoms with van der Waals surface area (Å²) in [5.74, 6) is 1.06. The summed E-state index contributed by atoms with van der Waals surface area (Å²) in [5.41, 5.74) is 7.08. The molecule has 7 rings (SSSR count). The van der Waals surface area contributed by atoms with Crippen LogP contribution < -0.4 is 26.2 Å². The lowest BCUT2D eigenvalue weighted by Gasteiger charge is -2.26. The molecule has 11 heteroatoms. The molecule has 1 unspecified atom stereocenters. The van der Waals surface area contributed by atoms with Crippen LogP contribution in [0.25, 0.3) is 33.2 Å². The fourth-order valence-electron chi connectivity index (χ4n) is 6.55. The highest BCUT2D eigenvalue weighted by Gasteiger charge is 2.22. The zero-order chi connectivity index (χ0) is 34.5. The lowest BCUT2D eigenvalue weighted by molar-refractivity contribution is 0.394. The minimum Gasteiger partial charge on any atom is -0.481 e. The predicted octanol–water partition coefficient (Wildman–Crippen LogP) is 7.86. The van der Waals surface area contributed by atoms with E-state index in [2.05, 4.69) is 38.7 Å². The van der Waals surface area contributed by atoms with Gasteiger partial charge in [-0.25, -0.2) is 14.6 Å². The lowest BCUT2D eigenvalue weighted by atomic mass is 9.99. The molecule has 254 valence electrons. The average Bonchev–Trinajstić information content (AvgIpc) is 3.59. The van der Waals surface area contributed by atoms with E-state index in [9.17, 15) is 4.79 Å². The number of piperidine rings is 1. The Kier molecular flexibility index (Phi) is 10.8. The Morgan fingerprint density at radius 3 is 2.59 bits per heavy atom. The zero-order valence-electron chi connectivity index (χ0n) is 28.1. The van der Waals surface area contributed by atoms with Gasteiger partial charge < -0.3 is 20.7 Å². The van der Waals surface area contributed by atoms with Crippen LogP contribution in [0.3, 0.4) is 0 Å². The first-order valence-electron chi connectivity index (χ1n) is 16.6. The van der Waals surface area contributed by atoms with E-state index in [-0.39, 0.29) is 5.56 Å². The molecule has 2 aromatic carbocycles. The Balaban J connectivity index is 0.000000324. The second kappa shape index (κ2) is 15.4. The molecule has 0 amide bonds. The number of nitrogens with zero attached hydrogens (tertiary/aromatic N) is 4. The van der Waals surface area contributed by atoms with Gasteiger partial charge in [-0.2, -0.15) is 5.10 Å². The summed E-state index contributed by atoms with van der Waals surface area (Å²) in [4.78, 5) is 22.0. The Labute approximate surface area is 296 Å². The summed E-state index contributed by atoms with van der Waals surface area (Å²) >= 11 is 13.9. The van der Waals surface area contributed by atoms with Crippen molar-refractivity contribution >= 4 is 45.5 Å². The monoisotopic (exact) mass is 697 g/mol. The van der Waals surface area contributed by atoms with Gasteiger partial charge in [0.05, 0.1) is 40.1 Å². The molecular weight excluding hydrogens is 657 g/mol. The van der Waals surface area contributed by atoms with E-state index in [0.29, 0.717) is 44.2 Å². The van der Waals surface area contributed by atoms with Gasteiger partial charge in [-0.3, -0.25) is 4.79 Å². The number of ether oxygens (including phenoxy) is 1. The number of halogens is 2. The number of rotatable bonds is 8. The summed E-state index contributed by atoms with van der Waals surface area (Å²) in [7, 11) is 5.25. The molecule has 1 fully saturated rings. The molecule has 9 nitrogen and oxygen atoms in total. The second-order valence-corrected chi connectivity index (χ2v) is 13.1. The fourth-order valence-corrected chi connectivity index (χ4v) is 7.15. The maximum absolute atomic E-state index is 12.8. The first-order valence-corrected chi connectivity index (χ1v) is 17.4. The maximum atomic E-state index is 12.8. The van der Waals surface area contributed by atoms with Crippen molar-refractivity contribution in [3.63, 3.8) is 0 Å². The highest BCUT2D eigenvalue weighted by Crippen LogP contribution is 2.43. The van der Waals surface area contributed by atoms with Crippen LogP contribution in [0.2, 0.25) is 10.0 Å². The van der Waals surface area contributed by atoms with Crippen molar-refractivity contribution in [3.8, 4) is 28.3 Å². The molecular formula is C38H41Cl2N7O2. The van der Waals surface area contributed by atoms with Crippen LogP contribution in [0.4, 0.5) is 11.5 Å². The van der Waals surface area contributed by atoms with Crippen molar-refractivity contribution in [2.24, 2.45) is 7.05 Å². The van der Waals surface area contributed by atoms with Crippen LogP contribution in [0, 0.1) is 0 Å². The number of hydrogen-bond acceptors (Lipinski definition) is 8. The molecule has 3 N–H and O–H groups in total. The molecule has 1 aliphatic heterocycles. The largest absolute Gasteiger partial charge is 0.481 e. The third-order valence-electron chi connectivity index (χ3n) is 9.10. The van der Waals surface area contributed by atoms with Gasteiger partial charge in [0.1, 0.15) is 5.82 Å². The van der Waals surface area contributed by atoms with Crippen molar-refractivity contribution in [2.45, 2.75) is 51.0 Å². The third-order valence-corrected chi connectivity index (χ3v) is 9.92. The molecule has 1 atom stereocenters. The predicted molar refractivity (Wildman–Crippen MR) is 200 cm³/mol. The van der Waals surface area contributed by atoms with E-state index in [1.54, 1.807) is 32.6 Å². The van der Waals surface area contributed by atoms with Crippen LogP contribution in [0.1, 0.15) is 43.2 Å². The van der Waals surface area contributed by atoms with Crippen molar-refractivity contribution in [2.75, 3.05) is 26.0 Å². The molecule has 0 spiro atoms. The van der Waals surface area contributed by atoms with Crippen molar-refractivity contribution < 1.29 is 4.74 Å². The highest BCUT2D eigenvalue weighted by atomic mass is 35.5. The summed E-state index contributed by atoms with van der Waals surface area (Å²) in [6.07, 6.45) is 11.3. The van der Waals surface area contributed by atoms with Gasteiger partial charge in [0.15, 0.2) is 0 Å². The van der Waals surface area contributed by atoms with E-state index in [0.717, 1.165) is 54.6 Å². The van der Waals surface area contributed by atoms with E-state index < -0.39 is 0 Å². The van der Waals surface area contributed by atoms with Gasteiger partial charge in [0.25, 0.3) is 5.56 Å². The smallest absolute Gasteiger partial charge is 0.278 e. The maximum Gasteiger partial charge on any atom is 0.278 e. The van der Waals surface area contributed by atoms with E-state index in [1.807, 2.05) is 43.4 Å². The molecule has 1 saturated heterocycles. The normalized spacial score (nSPS) is 15.3. The van der Waals surface area contributed by atoms with Crippen LogP contribution >= 0.6 is 23.2 Å². The molecule has 2 aliphatic rings. The number of hydrogen-bond donors (Lipinski definition) is 3. The van der Waals surface area contributed by atoms with Crippen LogP contribution in [-0.2, 0) is 19.9 Å². The number of methoxy groups -OCH3 is 1. The minimum absolute atomic E-state index is 0.251. The van der Waals surface area contributed by atoms with Gasteiger partial charge >= 0.3 is 0 Å². The molecule has 0 bridgehead atoms. The number of fused-ring (bicyclic) bond motifs is 2. The number of aryl methyl sites for hydroxylation is 2. The quantitative estimate of drug-likeness (QED) is 0.151. The number of anilines is 2. The molecule has 0 radical (unpaired) electrons.